The van der Waals surface area contributed by atoms with E-state index in [1.54, 1.807) is 0 Å². The first-order valence-electron chi connectivity index (χ1n) is 5.41. The second-order valence-corrected chi connectivity index (χ2v) is 4.82. The van der Waals surface area contributed by atoms with Crippen molar-refractivity contribution in [2.45, 2.75) is 33.2 Å². The molecule has 0 amide bonds. The maximum atomic E-state index is 2.37. The summed E-state index contributed by atoms with van der Waals surface area (Å²) in [6.07, 6.45) is 6.73. The van der Waals surface area contributed by atoms with E-state index >= 15 is 0 Å². The molecule has 1 aromatic heterocycles. The van der Waals surface area contributed by atoms with Gasteiger partial charge < -0.3 is 0 Å². The molecule has 0 spiro atoms. The molecule has 1 heterocycles. The molecule has 2 nitrogen and oxygen atoms in total. The molecule has 0 bridgehead atoms. The van der Waals surface area contributed by atoms with E-state index in [1.807, 2.05) is 11.8 Å². The van der Waals surface area contributed by atoms with Gasteiger partial charge in [0.15, 0.2) is 0 Å². The Morgan fingerprint density at radius 2 is 2.21 bits per heavy atom. The fourth-order valence-corrected chi connectivity index (χ4v) is 2.31. The van der Waals surface area contributed by atoms with Gasteiger partial charge >= 0.3 is 0 Å². The summed E-state index contributed by atoms with van der Waals surface area (Å²) in [5.74, 6) is 3.94. The second kappa shape index (κ2) is 6.12. The molecule has 0 saturated carbocycles. The van der Waals surface area contributed by atoms with Gasteiger partial charge in [0.05, 0.1) is 13.6 Å². The highest BCUT2D eigenvalue weighted by Crippen LogP contribution is 2.04. The van der Waals surface area contributed by atoms with Gasteiger partial charge in [0.25, 0.3) is 5.82 Å². The van der Waals surface area contributed by atoms with Crippen molar-refractivity contribution < 1.29 is 4.57 Å². The summed E-state index contributed by atoms with van der Waals surface area (Å²) >= 11 is 2.03. The minimum Gasteiger partial charge on any atom is -0.237 e. The van der Waals surface area contributed by atoms with Crippen LogP contribution in [0, 0.1) is 0 Å². The molecule has 0 aliphatic heterocycles. The van der Waals surface area contributed by atoms with Gasteiger partial charge in [-0.1, -0.05) is 13.8 Å². The number of aromatic nitrogens is 2. The molecular weight excluding hydrogens is 192 g/mol. The van der Waals surface area contributed by atoms with E-state index in [9.17, 15) is 0 Å². The van der Waals surface area contributed by atoms with Crippen molar-refractivity contribution in [2.24, 2.45) is 7.05 Å². The maximum Gasteiger partial charge on any atom is 0.255 e. The average Bonchev–Trinajstić information content (AvgIpc) is 2.54. The number of nitrogens with zero attached hydrogens (tertiary/aromatic N) is 2. The number of aryl methyl sites for hydroxylation is 2. The molecule has 0 atom stereocenters. The SMILES string of the molecule is CCSCCCn1cc[n+](C)c1CC. The topological polar surface area (TPSA) is 8.81 Å². The Morgan fingerprint density at radius 3 is 2.86 bits per heavy atom. The van der Waals surface area contributed by atoms with E-state index in [-0.39, 0.29) is 0 Å². The third-order valence-corrected chi connectivity index (χ3v) is 3.40. The van der Waals surface area contributed by atoms with Crippen LogP contribution in [-0.2, 0) is 20.0 Å². The van der Waals surface area contributed by atoms with E-state index < -0.39 is 0 Å². The van der Waals surface area contributed by atoms with Gasteiger partial charge in [0, 0.05) is 6.42 Å². The summed E-state index contributed by atoms with van der Waals surface area (Å²) in [7, 11) is 2.12. The lowest BCUT2D eigenvalue weighted by molar-refractivity contribution is -0.678. The highest BCUT2D eigenvalue weighted by atomic mass is 32.2. The smallest absolute Gasteiger partial charge is 0.237 e. The largest absolute Gasteiger partial charge is 0.255 e. The Balaban J connectivity index is 2.42. The maximum absolute atomic E-state index is 2.37. The minimum atomic E-state index is 1.12. The molecule has 0 saturated heterocycles. The van der Waals surface area contributed by atoms with Gasteiger partial charge in [0.2, 0.25) is 0 Å². The lowest BCUT2D eigenvalue weighted by Gasteiger charge is -2.00. The normalized spacial score (nSPS) is 10.8. The van der Waals surface area contributed by atoms with E-state index in [2.05, 4.69) is 42.4 Å². The summed E-state index contributed by atoms with van der Waals surface area (Å²) in [5.41, 5.74) is 0. The van der Waals surface area contributed by atoms with Crippen LogP contribution in [0.3, 0.4) is 0 Å². The highest BCUT2D eigenvalue weighted by Gasteiger charge is 2.10. The van der Waals surface area contributed by atoms with Crippen molar-refractivity contribution >= 4 is 11.8 Å². The van der Waals surface area contributed by atoms with E-state index in [4.69, 9.17) is 0 Å². The molecule has 0 aliphatic carbocycles. The third kappa shape index (κ3) is 3.05. The molecule has 0 aromatic carbocycles. The quantitative estimate of drug-likeness (QED) is 0.519. The van der Waals surface area contributed by atoms with Crippen LogP contribution in [0.2, 0.25) is 0 Å². The average molecular weight is 213 g/mol. The van der Waals surface area contributed by atoms with Gasteiger partial charge in [0.1, 0.15) is 12.4 Å². The first kappa shape index (κ1) is 11.6. The summed E-state index contributed by atoms with van der Waals surface area (Å²) in [6.45, 7) is 5.60. The summed E-state index contributed by atoms with van der Waals surface area (Å²) in [6, 6.07) is 0. The number of thioether (sulfide) groups is 1. The van der Waals surface area contributed by atoms with Crippen molar-refractivity contribution in [3.8, 4) is 0 Å². The zero-order valence-corrected chi connectivity index (χ0v) is 10.3. The molecule has 0 unspecified atom stereocenters. The number of hydrogen-bond acceptors (Lipinski definition) is 1. The molecule has 14 heavy (non-hydrogen) atoms. The number of imidazole rings is 1. The van der Waals surface area contributed by atoms with E-state index in [0.717, 1.165) is 13.0 Å². The first-order chi connectivity index (χ1) is 6.79. The summed E-state index contributed by atoms with van der Waals surface area (Å²) in [5, 5.41) is 0. The Labute approximate surface area is 91.3 Å². The third-order valence-electron chi connectivity index (χ3n) is 2.42. The van der Waals surface area contributed by atoms with Crippen LogP contribution in [-0.4, -0.2) is 16.1 Å². The minimum absolute atomic E-state index is 1.12. The molecule has 1 aromatic rings. The zero-order valence-electron chi connectivity index (χ0n) is 9.49. The highest BCUT2D eigenvalue weighted by molar-refractivity contribution is 7.99. The predicted octanol–water partition coefficient (Wildman–Crippen LogP) is 2.02. The molecule has 0 N–H and O–H groups in total. The fraction of sp³-hybridized carbons (Fsp3) is 0.727. The monoisotopic (exact) mass is 213 g/mol. The Hall–Kier alpha value is -0.440. The zero-order chi connectivity index (χ0) is 10.4. The van der Waals surface area contributed by atoms with Crippen LogP contribution < -0.4 is 4.57 Å². The van der Waals surface area contributed by atoms with Gasteiger partial charge in [-0.15, -0.1) is 0 Å². The van der Waals surface area contributed by atoms with Crippen LogP contribution in [0.15, 0.2) is 12.4 Å². The predicted molar refractivity (Wildman–Crippen MR) is 62.6 cm³/mol. The lowest BCUT2D eigenvalue weighted by atomic mass is 10.4. The second-order valence-electron chi connectivity index (χ2n) is 3.42. The van der Waals surface area contributed by atoms with Crippen molar-refractivity contribution in [3.05, 3.63) is 18.2 Å². The van der Waals surface area contributed by atoms with Crippen LogP contribution >= 0.6 is 11.8 Å². The fourth-order valence-electron chi connectivity index (χ4n) is 1.69. The van der Waals surface area contributed by atoms with E-state index in [1.165, 1.54) is 23.8 Å². The standard InChI is InChI=1S/C11H21N2S/c1-4-11-12(3)8-9-13(11)7-6-10-14-5-2/h8-9H,4-7,10H2,1-3H3/q+1. The van der Waals surface area contributed by atoms with Gasteiger partial charge in [-0.2, -0.15) is 11.8 Å². The van der Waals surface area contributed by atoms with Crippen LogP contribution in [0.25, 0.3) is 0 Å². The van der Waals surface area contributed by atoms with Crippen molar-refractivity contribution in [3.63, 3.8) is 0 Å². The molecule has 0 fully saturated rings. The van der Waals surface area contributed by atoms with Crippen molar-refractivity contribution in [1.29, 1.82) is 0 Å². The van der Waals surface area contributed by atoms with Crippen molar-refractivity contribution in [2.75, 3.05) is 11.5 Å². The van der Waals surface area contributed by atoms with Gasteiger partial charge in [-0.3, -0.25) is 0 Å². The Morgan fingerprint density at radius 1 is 1.43 bits per heavy atom. The van der Waals surface area contributed by atoms with Crippen LogP contribution in [0.5, 0.6) is 0 Å². The molecule has 3 heteroatoms. The molecular formula is C11H21N2S+. The molecule has 1 rings (SSSR count). The molecule has 0 radical (unpaired) electrons. The Kier molecular flexibility index (Phi) is 5.09. The Bertz CT molecular complexity index is 268. The van der Waals surface area contributed by atoms with E-state index in [0.29, 0.717) is 0 Å². The summed E-state index contributed by atoms with van der Waals surface area (Å²) < 4.78 is 4.59. The molecule has 0 aliphatic rings. The summed E-state index contributed by atoms with van der Waals surface area (Å²) in [4.78, 5) is 0. The lowest BCUT2D eigenvalue weighted by Crippen LogP contribution is -2.31. The molecule has 80 valence electrons. The van der Waals surface area contributed by atoms with Gasteiger partial charge in [-0.05, 0) is 17.9 Å². The van der Waals surface area contributed by atoms with Gasteiger partial charge in [-0.25, -0.2) is 9.13 Å². The van der Waals surface area contributed by atoms with Crippen LogP contribution in [0.1, 0.15) is 26.1 Å². The number of hydrogen-bond donors (Lipinski definition) is 0. The van der Waals surface area contributed by atoms with Crippen LogP contribution in [0.4, 0.5) is 0 Å². The number of rotatable bonds is 6. The van der Waals surface area contributed by atoms with Crippen molar-refractivity contribution in [1.82, 2.24) is 4.57 Å². The first-order valence-corrected chi connectivity index (χ1v) is 6.56.